The minimum atomic E-state index is -0.778. The summed E-state index contributed by atoms with van der Waals surface area (Å²) in [5, 5.41) is 11.4. The highest BCUT2D eigenvalue weighted by Crippen LogP contribution is 2.34. The smallest absolute Gasteiger partial charge is 0.420 e. The molecule has 2 aromatic carbocycles. The van der Waals surface area contributed by atoms with Gasteiger partial charge < -0.3 is 9.15 Å². The van der Waals surface area contributed by atoms with Gasteiger partial charge >= 0.3 is 11.7 Å². The molecule has 144 valence electrons. The molecule has 1 atom stereocenters. The first-order chi connectivity index (χ1) is 13.4. The molecule has 8 nitrogen and oxygen atoms in total. The van der Waals surface area contributed by atoms with Crippen LogP contribution in [0.25, 0.3) is 11.1 Å². The van der Waals surface area contributed by atoms with Crippen LogP contribution in [0.4, 0.5) is 5.69 Å². The summed E-state index contributed by atoms with van der Waals surface area (Å²) in [5.74, 6) is -1.37. The van der Waals surface area contributed by atoms with Gasteiger partial charge in [0, 0.05) is 11.1 Å². The predicted octanol–water partition coefficient (Wildman–Crippen LogP) is 3.78. The fourth-order valence-corrected chi connectivity index (χ4v) is 3.67. The molecule has 1 unspecified atom stereocenters. The van der Waals surface area contributed by atoms with Crippen LogP contribution in [0, 0.1) is 10.1 Å². The number of non-ortho nitro benzene ring substituents is 1. The van der Waals surface area contributed by atoms with Crippen LogP contribution in [0.5, 0.6) is 0 Å². The second-order valence-electron chi connectivity index (χ2n) is 6.58. The van der Waals surface area contributed by atoms with Crippen molar-refractivity contribution in [1.82, 2.24) is 4.57 Å². The number of aromatic nitrogens is 1. The highest BCUT2D eigenvalue weighted by atomic mass is 35.5. The van der Waals surface area contributed by atoms with Gasteiger partial charge in [-0.1, -0.05) is 17.7 Å². The molecule has 3 aromatic rings. The summed E-state index contributed by atoms with van der Waals surface area (Å²) >= 11 is 6.07. The van der Waals surface area contributed by atoms with Gasteiger partial charge in [-0.2, -0.15) is 0 Å². The van der Waals surface area contributed by atoms with Crippen LogP contribution in [0.2, 0.25) is 5.02 Å². The van der Waals surface area contributed by atoms with Crippen molar-refractivity contribution in [2.75, 3.05) is 0 Å². The Morgan fingerprint density at radius 3 is 2.93 bits per heavy atom. The van der Waals surface area contributed by atoms with Crippen LogP contribution in [0.15, 0.2) is 45.6 Å². The van der Waals surface area contributed by atoms with E-state index in [2.05, 4.69) is 0 Å². The van der Waals surface area contributed by atoms with Crippen LogP contribution in [0.3, 0.4) is 0 Å². The molecule has 9 heteroatoms. The SMILES string of the molecule is O=C(Cn1c(=O)oc2cc([N+](=O)[O-])ccc21)OC1CCCc2ccc(Cl)cc21. The lowest BCUT2D eigenvalue weighted by Crippen LogP contribution is -2.24. The fraction of sp³-hybridized carbons (Fsp3) is 0.263. The number of hydrogen-bond donors (Lipinski definition) is 0. The number of benzene rings is 2. The highest BCUT2D eigenvalue weighted by molar-refractivity contribution is 6.30. The van der Waals surface area contributed by atoms with Gasteiger partial charge in [-0.05, 0) is 48.6 Å². The second-order valence-corrected chi connectivity index (χ2v) is 7.01. The number of carbonyl (C=O) groups excluding carboxylic acids is 1. The molecule has 0 amide bonds. The van der Waals surface area contributed by atoms with Crippen molar-refractivity contribution >= 4 is 34.4 Å². The lowest BCUT2D eigenvalue weighted by molar-refractivity contribution is -0.384. The van der Waals surface area contributed by atoms with Gasteiger partial charge in [-0.3, -0.25) is 19.5 Å². The molecule has 0 fully saturated rings. The molecular weight excluding hydrogens is 388 g/mol. The number of aryl methyl sites for hydroxylation is 1. The first-order valence-corrected chi connectivity index (χ1v) is 9.06. The number of nitro benzene ring substituents is 1. The van der Waals surface area contributed by atoms with Crippen LogP contribution in [0.1, 0.15) is 30.1 Å². The first kappa shape index (κ1) is 18.2. The van der Waals surface area contributed by atoms with Gasteiger partial charge in [0.1, 0.15) is 12.6 Å². The number of nitro groups is 1. The molecular formula is C19H15ClN2O6. The Balaban J connectivity index is 1.57. The molecule has 0 radical (unpaired) electrons. The summed E-state index contributed by atoms with van der Waals surface area (Å²) in [4.78, 5) is 34.8. The van der Waals surface area contributed by atoms with Crippen molar-refractivity contribution in [2.45, 2.75) is 31.9 Å². The van der Waals surface area contributed by atoms with E-state index in [1.807, 2.05) is 6.07 Å². The van der Waals surface area contributed by atoms with Gasteiger partial charge in [0.05, 0.1) is 16.5 Å². The van der Waals surface area contributed by atoms with Gasteiger partial charge in [-0.15, -0.1) is 0 Å². The van der Waals surface area contributed by atoms with E-state index in [0.29, 0.717) is 17.0 Å². The Bertz CT molecular complexity index is 1150. The molecule has 28 heavy (non-hydrogen) atoms. The average Bonchev–Trinajstić information content (AvgIpc) is 2.96. The number of hydrogen-bond acceptors (Lipinski definition) is 6. The van der Waals surface area contributed by atoms with Crippen LogP contribution in [-0.4, -0.2) is 15.5 Å². The largest absolute Gasteiger partial charge is 0.456 e. The molecule has 0 saturated heterocycles. The van der Waals surface area contributed by atoms with E-state index >= 15 is 0 Å². The van der Waals surface area contributed by atoms with Gasteiger partial charge in [-0.25, -0.2) is 4.79 Å². The van der Waals surface area contributed by atoms with E-state index < -0.39 is 22.8 Å². The summed E-state index contributed by atoms with van der Waals surface area (Å²) in [6.07, 6.45) is 2.02. The topological polar surface area (TPSA) is 105 Å². The predicted molar refractivity (Wildman–Crippen MR) is 100 cm³/mol. The number of oxazole rings is 1. The van der Waals surface area contributed by atoms with Crippen LogP contribution >= 0.6 is 11.6 Å². The quantitative estimate of drug-likeness (QED) is 0.373. The van der Waals surface area contributed by atoms with E-state index in [1.54, 1.807) is 12.1 Å². The Morgan fingerprint density at radius 2 is 2.14 bits per heavy atom. The zero-order valence-corrected chi connectivity index (χ0v) is 15.3. The monoisotopic (exact) mass is 402 g/mol. The molecule has 0 N–H and O–H groups in total. The number of carbonyl (C=O) groups is 1. The second kappa shape index (κ2) is 7.12. The zero-order valence-electron chi connectivity index (χ0n) is 14.6. The third-order valence-corrected chi connectivity index (χ3v) is 5.03. The Labute approximate surface area is 163 Å². The molecule has 1 aliphatic carbocycles. The van der Waals surface area contributed by atoms with Crippen molar-refractivity contribution in [1.29, 1.82) is 0 Å². The lowest BCUT2D eigenvalue weighted by Gasteiger charge is -2.25. The summed E-state index contributed by atoms with van der Waals surface area (Å²) < 4.78 is 11.7. The minimum Gasteiger partial charge on any atom is -0.456 e. The third-order valence-electron chi connectivity index (χ3n) is 4.79. The Hall–Kier alpha value is -3.13. The standard InChI is InChI=1S/C19H15ClN2O6/c20-12-5-4-11-2-1-3-16(14(11)8-12)27-18(23)10-21-15-7-6-13(22(25)26)9-17(15)28-19(21)24/h4-9,16H,1-3,10H2. The number of rotatable bonds is 4. The van der Waals surface area contributed by atoms with E-state index in [0.717, 1.165) is 34.6 Å². The Kier molecular flexibility index (Phi) is 4.64. The van der Waals surface area contributed by atoms with Crippen molar-refractivity contribution in [3.63, 3.8) is 0 Å². The molecule has 0 spiro atoms. The average molecular weight is 403 g/mol. The van der Waals surface area contributed by atoms with Crippen molar-refractivity contribution in [3.05, 3.63) is 73.2 Å². The minimum absolute atomic E-state index is 0.0433. The van der Waals surface area contributed by atoms with E-state index in [9.17, 15) is 19.7 Å². The zero-order chi connectivity index (χ0) is 19.8. The third kappa shape index (κ3) is 3.38. The van der Waals surface area contributed by atoms with Gasteiger partial charge in [0.15, 0.2) is 5.58 Å². The van der Waals surface area contributed by atoms with Gasteiger partial charge in [0.2, 0.25) is 0 Å². The van der Waals surface area contributed by atoms with Crippen molar-refractivity contribution in [3.8, 4) is 0 Å². The molecule has 1 heterocycles. The van der Waals surface area contributed by atoms with E-state index in [1.165, 1.54) is 12.1 Å². The molecule has 0 saturated carbocycles. The van der Waals surface area contributed by atoms with Crippen molar-refractivity contribution < 1.29 is 18.9 Å². The normalized spacial score (nSPS) is 16.0. The summed E-state index contributed by atoms with van der Waals surface area (Å²) in [6.45, 7) is -0.351. The first-order valence-electron chi connectivity index (χ1n) is 8.68. The molecule has 0 aliphatic heterocycles. The number of halogens is 1. The Morgan fingerprint density at radius 1 is 1.32 bits per heavy atom. The van der Waals surface area contributed by atoms with E-state index in [-0.39, 0.29) is 17.8 Å². The van der Waals surface area contributed by atoms with Crippen molar-refractivity contribution in [2.24, 2.45) is 0 Å². The maximum atomic E-state index is 12.5. The molecule has 1 aromatic heterocycles. The highest BCUT2D eigenvalue weighted by Gasteiger charge is 2.25. The number of nitrogens with zero attached hydrogens (tertiary/aromatic N) is 2. The number of esters is 1. The summed E-state index contributed by atoms with van der Waals surface area (Å²) in [7, 11) is 0. The fourth-order valence-electron chi connectivity index (χ4n) is 3.49. The van der Waals surface area contributed by atoms with Crippen LogP contribution < -0.4 is 5.76 Å². The van der Waals surface area contributed by atoms with Gasteiger partial charge in [0.25, 0.3) is 5.69 Å². The lowest BCUT2D eigenvalue weighted by atomic mass is 9.89. The van der Waals surface area contributed by atoms with Crippen LogP contribution in [-0.2, 0) is 22.5 Å². The maximum Gasteiger partial charge on any atom is 0.420 e. The summed E-state index contributed by atoms with van der Waals surface area (Å²) in [6, 6.07) is 9.31. The summed E-state index contributed by atoms with van der Waals surface area (Å²) in [5.41, 5.74) is 2.10. The number of ether oxygens (including phenoxy) is 1. The number of fused-ring (bicyclic) bond motifs is 2. The van der Waals surface area contributed by atoms with E-state index in [4.69, 9.17) is 20.8 Å². The molecule has 0 bridgehead atoms. The molecule has 1 aliphatic rings. The maximum absolute atomic E-state index is 12.5. The molecule has 4 rings (SSSR count).